The van der Waals surface area contributed by atoms with E-state index in [0.29, 0.717) is 5.92 Å². The second kappa shape index (κ2) is 12.7. The summed E-state index contributed by atoms with van der Waals surface area (Å²) in [6.45, 7) is 8.26. The predicted molar refractivity (Wildman–Crippen MR) is 112 cm³/mol. The van der Waals surface area contributed by atoms with Gasteiger partial charge in [-0.1, -0.05) is 13.8 Å². The van der Waals surface area contributed by atoms with Gasteiger partial charge in [-0.25, -0.2) is 0 Å². The number of likely N-dealkylation sites (N-methyl/N-ethyl adjacent to an activating group) is 1. The van der Waals surface area contributed by atoms with E-state index < -0.39 is 0 Å². The van der Waals surface area contributed by atoms with Crippen molar-refractivity contribution in [2.75, 3.05) is 47.3 Å². The molecule has 0 aromatic carbocycles. The number of likely N-dealkylation sites (tertiary alicyclic amines) is 1. The molecule has 1 fully saturated rings. The fourth-order valence-corrected chi connectivity index (χ4v) is 2.86. The Labute approximate surface area is 164 Å². The molecule has 1 saturated heterocycles. The van der Waals surface area contributed by atoms with Crippen LogP contribution in [0.3, 0.4) is 0 Å². The smallest absolute Gasteiger partial charge is 0.239 e. The van der Waals surface area contributed by atoms with Crippen LogP contribution in [0.25, 0.3) is 0 Å². The van der Waals surface area contributed by atoms with Gasteiger partial charge in [0.05, 0.1) is 6.04 Å². The maximum Gasteiger partial charge on any atom is 0.239 e. The quantitative estimate of drug-likeness (QED) is 0.255. The molecule has 1 rings (SSSR count). The molecule has 1 aliphatic rings. The molecule has 6 nitrogen and oxygen atoms in total. The molecular weight excluding hydrogens is 417 g/mol. The Balaban J connectivity index is 0.00000529. The average Bonchev–Trinajstić information content (AvgIpc) is 2.96. The summed E-state index contributed by atoms with van der Waals surface area (Å²) in [6, 6.07) is 0.0773. The van der Waals surface area contributed by atoms with Crippen LogP contribution in [-0.4, -0.2) is 75.0 Å². The van der Waals surface area contributed by atoms with Crippen molar-refractivity contribution in [2.24, 2.45) is 10.9 Å². The largest absolute Gasteiger partial charge is 0.356 e. The van der Waals surface area contributed by atoms with E-state index in [-0.39, 0.29) is 35.9 Å². The van der Waals surface area contributed by atoms with Crippen LogP contribution in [-0.2, 0) is 4.79 Å². The number of rotatable bonds is 8. The van der Waals surface area contributed by atoms with Gasteiger partial charge >= 0.3 is 0 Å². The second-order valence-corrected chi connectivity index (χ2v) is 6.89. The van der Waals surface area contributed by atoms with E-state index in [0.717, 1.165) is 57.8 Å². The molecule has 1 amide bonds. The average molecular weight is 453 g/mol. The van der Waals surface area contributed by atoms with E-state index in [4.69, 9.17) is 0 Å². The zero-order valence-electron chi connectivity index (χ0n) is 16.0. The molecule has 24 heavy (non-hydrogen) atoms. The predicted octanol–water partition coefficient (Wildman–Crippen LogP) is 1.76. The standard InChI is InChI=1S/C17H35N5O.HI/c1-14(2)9-11-20-17(18-3)19-10-7-13-22-12-6-8-15(22)16(23)21(4)5;/h14-15H,6-13H2,1-5H3,(H2,18,19,20);1H. The SMILES string of the molecule is CN=C(NCCCN1CCCC1C(=O)N(C)C)NCCC(C)C.I. The van der Waals surface area contributed by atoms with Gasteiger partial charge in [-0.3, -0.25) is 14.7 Å². The first-order valence-corrected chi connectivity index (χ1v) is 8.85. The van der Waals surface area contributed by atoms with Crippen molar-refractivity contribution in [1.82, 2.24) is 20.4 Å². The molecule has 0 aromatic rings. The number of halogens is 1. The van der Waals surface area contributed by atoms with Crippen molar-refractivity contribution in [3.05, 3.63) is 0 Å². The summed E-state index contributed by atoms with van der Waals surface area (Å²) >= 11 is 0. The van der Waals surface area contributed by atoms with Gasteiger partial charge in [0.2, 0.25) is 5.91 Å². The molecule has 1 atom stereocenters. The summed E-state index contributed by atoms with van der Waals surface area (Å²) in [5.74, 6) is 1.80. The molecule has 0 spiro atoms. The van der Waals surface area contributed by atoms with Crippen molar-refractivity contribution < 1.29 is 4.79 Å². The first kappa shape index (κ1) is 23.4. The van der Waals surface area contributed by atoms with E-state index >= 15 is 0 Å². The molecule has 0 aromatic heterocycles. The summed E-state index contributed by atoms with van der Waals surface area (Å²) in [6.07, 6.45) is 4.27. The molecular formula is C17H36IN5O. The van der Waals surface area contributed by atoms with Gasteiger partial charge in [-0.2, -0.15) is 0 Å². The van der Waals surface area contributed by atoms with Gasteiger partial charge in [0.1, 0.15) is 0 Å². The van der Waals surface area contributed by atoms with Crippen LogP contribution in [0.4, 0.5) is 0 Å². The van der Waals surface area contributed by atoms with Crippen molar-refractivity contribution in [3.8, 4) is 0 Å². The molecule has 0 saturated carbocycles. The Kier molecular flexibility index (Phi) is 12.4. The lowest BCUT2D eigenvalue weighted by Crippen LogP contribution is -2.44. The lowest BCUT2D eigenvalue weighted by atomic mass is 10.1. The Morgan fingerprint density at radius 1 is 1.29 bits per heavy atom. The Morgan fingerprint density at radius 2 is 1.96 bits per heavy atom. The lowest BCUT2D eigenvalue weighted by molar-refractivity contribution is -0.133. The highest BCUT2D eigenvalue weighted by Crippen LogP contribution is 2.18. The fraction of sp³-hybridized carbons (Fsp3) is 0.882. The van der Waals surface area contributed by atoms with Crippen molar-refractivity contribution in [2.45, 2.75) is 45.6 Å². The molecule has 0 radical (unpaired) electrons. The minimum Gasteiger partial charge on any atom is -0.356 e. The third-order valence-electron chi connectivity index (χ3n) is 4.24. The number of nitrogens with one attached hydrogen (secondary N) is 2. The van der Waals surface area contributed by atoms with Gasteiger partial charge in [0.15, 0.2) is 5.96 Å². The second-order valence-electron chi connectivity index (χ2n) is 6.89. The maximum atomic E-state index is 12.2. The number of guanidine groups is 1. The van der Waals surface area contributed by atoms with Crippen LogP contribution in [0.1, 0.15) is 39.5 Å². The lowest BCUT2D eigenvalue weighted by Gasteiger charge is -2.26. The Hall–Kier alpha value is -0.570. The van der Waals surface area contributed by atoms with Crippen LogP contribution in [0.15, 0.2) is 4.99 Å². The first-order chi connectivity index (χ1) is 11.0. The van der Waals surface area contributed by atoms with Gasteiger partial charge in [-0.15, -0.1) is 24.0 Å². The summed E-state index contributed by atoms with van der Waals surface area (Å²) in [5.41, 5.74) is 0. The highest BCUT2D eigenvalue weighted by atomic mass is 127. The zero-order chi connectivity index (χ0) is 17.2. The normalized spacial score (nSPS) is 18.4. The van der Waals surface area contributed by atoms with Crippen molar-refractivity contribution >= 4 is 35.8 Å². The fourth-order valence-electron chi connectivity index (χ4n) is 2.86. The molecule has 2 N–H and O–H groups in total. The summed E-state index contributed by atoms with van der Waals surface area (Å²) in [7, 11) is 5.48. The minimum absolute atomic E-state index is 0. The number of amides is 1. The summed E-state index contributed by atoms with van der Waals surface area (Å²) < 4.78 is 0. The monoisotopic (exact) mass is 453 g/mol. The molecule has 1 heterocycles. The van der Waals surface area contributed by atoms with Crippen LogP contribution < -0.4 is 10.6 Å². The molecule has 0 aliphatic carbocycles. The minimum atomic E-state index is 0. The Morgan fingerprint density at radius 3 is 2.54 bits per heavy atom. The third-order valence-corrected chi connectivity index (χ3v) is 4.24. The molecule has 1 aliphatic heterocycles. The highest BCUT2D eigenvalue weighted by Gasteiger charge is 2.30. The van der Waals surface area contributed by atoms with Gasteiger partial charge < -0.3 is 15.5 Å². The Bertz CT molecular complexity index is 387. The number of hydrogen-bond acceptors (Lipinski definition) is 3. The van der Waals surface area contributed by atoms with Gasteiger partial charge in [-0.05, 0) is 38.1 Å². The molecule has 1 unspecified atom stereocenters. The summed E-state index contributed by atoms with van der Waals surface area (Å²) in [4.78, 5) is 20.4. The highest BCUT2D eigenvalue weighted by molar-refractivity contribution is 14.0. The van der Waals surface area contributed by atoms with E-state index in [9.17, 15) is 4.79 Å². The summed E-state index contributed by atoms with van der Waals surface area (Å²) in [5, 5.41) is 6.69. The van der Waals surface area contributed by atoms with E-state index in [2.05, 4.69) is 34.4 Å². The molecule has 0 bridgehead atoms. The van der Waals surface area contributed by atoms with Crippen LogP contribution >= 0.6 is 24.0 Å². The molecule has 7 heteroatoms. The third kappa shape index (κ3) is 8.50. The number of hydrogen-bond donors (Lipinski definition) is 2. The van der Waals surface area contributed by atoms with Crippen LogP contribution in [0.5, 0.6) is 0 Å². The molecule has 142 valence electrons. The van der Waals surface area contributed by atoms with Gasteiger partial charge in [0, 0.05) is 40.8 Å². The van der Waals surface area contributed by atoms with E-state index in [1.54, 1.807) is 11.9 Å². The first-order valence-electron chi connectivity index (χ1n) is 8.85. The van der Waals surface area contributed by atoms with Crippen LogP contribution in [0, 0.1) is 5.92 Å². The van der Waals surface area contributed by atoms with Crippen LogP contribution in [0.2, 0.25) is 0 Å². The number of aliphatic imine (C=N–C) groups is 1. The maximum absolute atomic E-state index is 12.2. The number of carbonyl (C=O) groups excluding carboxylic acids is 1. The number of nitrogens with zero attached hydrogens (tertiary/aromatic N) is 3. The van der Waals surface area contributed by atoms with E-state index in [1.807, 2.05) is 14.1 Å². The van der Waals surface area contributed by atoms with Gasteiger partial charge in [0.25, 0.3) is 0 Å². The van der Waals surface area contributed by atoms with E-state index in [1.165, 1.54) is 0 Å². The number of carbonyl (C=O) groups is 1. The topological polar surface area (TPSA) is 60.0 Å². The zero-order valence-corrected chi connectivity index (χ0v) is 18.3. The van der Waals surface area contributed by atoms with Crippen molar-refractivity contribution in [3.63, 3.8) is 0 Å². The van der Waals surface area contributed by atoms with Crippen molar-refractivity contribution in [1.29, 1.82) is 0 Å².